The van der Waals surface area contributed by atoms with E-state index in [2.05, 4.69) is 72.3 Å². The Morgan fingerprint density at radius 3 is 1.18 bits per heavy atom. The summed E-state index contributed by atoms with van der Waals surface area (Å²) in [4.78, 5) is 22.3. The molecule has 2 aliphatic heterocycles. The Bertz CT molecular complexity index is 2320. The van der Waals surface area contributed by atoms with Crippen LogP contribution < -0.4 is 26.5 Å². The van der Waals surface area contributed by atoms with Crippen LogP contribution in [0.25, 0.3) is 0 Å². The van der Waals surface area contributed by atoms with Gasteiger partial charge in [0.1, 0.15) is 18.1 Å². The van der Waals surface area contributed by atoms with Gasteiger partial charge in [0.05, 0.1) is 34.9 Å². The summed E-state index contributed by atoms with van der Waals surface area (Å²) in [6.45, 7) is 19.9. The van der Waals surface area contributed by atoms with Crippen molar-refractivity contribution in [2.45, 2.75) is 104 Å². The monoisotopic (exact) mass is 984 g/mol. The molecule has 2 aromatic heterocycles. The zero-order valence-corrected chi connectivity index (χ0v) is 44.1. The van der Waals surface area contributed by atoms with Gasteiger partial charge in [-0.1, -0.05) is 64.5 Å². The van der Waals surface area contributed by atoms with Gasteiger partial charge in [-0.25, -0.2) is 0 Å². The molecule has 6 rings (SSSR count). The molecule has 10 nitrogen and oxygen atoms in total. The number of aromatic hydroxyl groups is 1. The highest BCUT2D eigenvalue weighted by Gasteiger charge is 2.53. The van der Waals surface area contributed by atoms with Crippen LogP contribution in [0.2, 0.25) is 0 Å². The van der Waals surface area contributed by atoms with Crippen LogP contribution in [0.4, 0.5) is 0 Å². The van der Waals surface area contributed by atoms with Gasteiger partial charge < -0.3 is 37.3 Å². The number of ether oxygens (including phenoxy) is 1. The second kappa shape index (κ2) is 27.0. The van der Waals surface area contributed by atoms with Gasteiger partial charge in [-0.2, -0.15) is 0 Å². The number of rotatable bonds is 14. The van der Waals surface area contributed by atoms with Crippen LogP contribution in [0, 0.1) is 13.8 Å². The highest BCUT2D eigenvalue weighted by Crippen LogP contribution is 2.37. The van der Waals surface area contributed by atoms with Gasteiger partial charge in [0, 0.05) is 160 Å². The van der Waals surface area contributed by atoms with Crippen molar-refractivity contribution in [2.24, 2.45) is 0 Å². The van der Waals surface area contributed by atoms with Crippen molar-refractivity contribution in [2.75, 3.05) is 0 Å². The molecule has 2 aliphatic rings. The van der Waals surface area contributed by atoms with Crippen molar-refractivity contribution in [3.63, 3.8) is 0 Å². The molecule has 22 radical (unpaired) electrons. The van der Waals surface area contributed by atoms with Crippen LogP contribution in [0.1, 0.15) is 78.0 Å². The molecule has 2 saturated heterocycles. The van der Waals surface area contributed by atoms with E-state index in [4.69, 9.17) is 118 Å². The van der Waals surface area contributed by atoms with E-state index in [0.717, 1.165) is 21.8 Å². The number of benzene rings is 2. The van der Waals surface area contributed by atoms with Crippen LogP contribution in [0.15, 0.2) is 91.6 Å². The van der Waals surface area contributed by atoms with Gasteiger partial charge in [0.25, 0.3) is 0 Å². The molecule has 0 bridgehead atoms. The standard InChI is InChI=1S/C19H23BO5.C13H18BBrO2.C6H6O3.B20/c1-13-17(16(21)10-11-22-13)23-12-14-6-8-15(9-7-14)20-24-18(2,3)19(4,5)25-20;1-12(2)13(3,4)17-14(16-12)11-7-5-10(9-15)6-8-11;1-4-6(8)5(7)2-3-9-4;1-12(2)17(11)20(18(13(3)4)14(5)6)19(15(7)8)16(9)10/h6-11H,12H2,1-5H3;5-8H,9H2,1-4H3;2-3,8H,1H3;. The van der Waals surface area contributed by atoms with E-state index in [-0.39, 0.29) is 59.3 Å². The van der Waals surface area contributed by atoms with Crippen molar-refractivity contribution in [3.8, 4) is 11.5 Å². The molecule has 1 N–H and O–H groups in total. The van der Waals surface area contributed by atoms with Crippen LogP contribution in [0.3, 0.4) is 0 Å². The van der Waals surface area contributed by atoms with E-state index in [1.54, 1.807) is 6.92 Å². The molecule has 4 aromatic rings. The fourth-order valence-corrected chi connectivity index (χ4v) is 7.77. The lowest BCUT2D eigenvalue weighted by Crippen LogP contribution is -2.80. The molecular formula is C38H47B22BrO10. The maximum Gasteiger partial charge on any atom is 0.494 e. The van der Waals surface area contributed by atoms with Gasteiger partial charge >= 0.3 is 14.2 Å². The minimum absolute atomic E-state index is 0.183. The SMILES string of the molecule is CC1(C)OB(c2ccc(CBr)cc2)OC1(C)C.Cc1occc(=O)c1O.Cc1occc(=O)c1OCc1ccc(B2OC(C)(C)C(C)(C)O2)cc1.[B]B([B])B([B])B(B(B([B])[B])B([B])[B])B(B([B])[B])B([B])[B]. The van der Waals surface area contributed by atoms with Crippen LogP contribution in [-0.2, 0) is 30.6 Å². The summed E-state index contributed by atoms with van der Waals surface area (Å²) in [5.74, 6) is 0.666. The predicted octanol–water partition coefficient (Wildman–Crippen LogP) is -1.26. The van der Waals surface area contributed by atoms with E-state index in [0.29, 0.717) is 12.4 Å². The zero-order chi connectivity index (χ0) is 54.0. The first-order chi connectivity index (χ1) is 32.8. The van der Waals surface area contributed by atoms with Gasteiger partial charge in [-0.15, -0.1) is 0 Å². The summed E-state index contributed by atoms with van der Waals surface area (Å²) in [5, 5.41) is 9.67. The summed E-state index contributed by atoms with van der Waals surface area (Å²) in [6, 6.07) is 18.6. The third kappa shape index (κ3) is 17.1. The van der Waals surface area contributed by atoms with Gasteiger partial charge in [-0.05, 0) is 91.3 Å². The minimum atomic E-state index is -0.889. The first kappa shape index (κ1) is 63.0. The summed E-state index contributed by atoms with van der Waals surface area (Å²) in [6.07, 6.45) is -4.54. The summed E-state index contributed by atoms with van der Waals surface area (Å²) in [7, 11) is 62.5. The summed E-state index contributed by atoms with van der Waals surface area (Å²) in [5.41, 5.74) is 2.38. The number of hydrogen-bond acceptors (Lipinski definition) is 10. The molecule has 0 aliphatic carbocycles. The van der Waals surface area contributed by atoms with E-state index in [1.807, 2.05) is 52.0 Å². The Labute approximate surface area is 449 Å². The Hall–Kier alpha value is -2.31. The zero-order valence-electron chi connectivity index (χ0n) is 42.5. The number of hydrogen-bond donors (Lipinski definition) is 1. The second-order valence-electron chi connectivity index (χ2n) is 19.6. The van der Waals surface area contributed by atoms with Gasteiger partial charge in [0.2, 0.25) is 22.4 Å². The maximum atomic E-state index is 11.8. The largest absolute Gasteiger partial charge is 0.502 e. The molecule has 2 fully saturated rings. The normalized spacial score (nSPS) is 15.5. The molecule has 332 valence electrons. The van der Waals surface area contributed by atoms with E-state index >= 15 is 0 Å². The summed E-state index contributed by atoms with van der Waals surface area (Å²) < 4.78 is 39.6. The third-order valence-corrected chi connectivity index (χ3v) is 13.8. The van der Waals surface area contributed by atoms with E-state index < -0.39 is 62.9 Å². The second-order valence-corrected chi connectivity index (χ2v) is 20.2. The Balaban J connectivity index is 0.000000262. The Morgan fingerprint density at radius 1 is 0.521 bits per heavy atom. The fraction of sp³-hybridized carbons (Fsp3) is 0.421. The highest BCUT2D eigenvalue weighted by atomic mass is 79.9. The molecular weight excluding hydrogens is 934 g/mol. The molecule has 4 heterocycles. The lowest BCUT2D eigenvalue weighted by atomic mass is 8.39. The van der Waals surface area contributed by atoms with Crippen LogP contribution >= 0.6 is 15.9 Å². The van der Waals surface area contributed by atoms with Crippen LogP contribution in [-0.4, -0.2) is 184 Å². The van der Waals surface area contributed by atoms with Gasteiger partial charge in [0.15, 0.2) is 0 Å². The number of halogens is 1. The van der Waals surface area contributed by atoms with Crippen LogP contribution in [0.5, 0.6) is 11.5 Å². The van der Waals surface area contributed by atoms with Crippen molar-refractivity contribution >= 4 is 184 Å². The molecule has 0 amide bonds. The summed E-state index contributed by atoms with van der Waals surface area (Å²) >= 11 is 3.44. The average molecular weight is 982 g/mol. The minimum Gasteiger partial charge on any atom is -0.502 e. The first-order valence-corrected chi connectivity index (χ1v) is 24.2. The Morgan fingerprint density at radius 2 is 0.873 bits per heavy atom. The topological polar surface area (TPSA) is 127 Å². The lowest BCUT2D eigenvalue weighted by Gasteiger charge is -2.42. The van der Waals surface area contributed by atoms with E-state index in [9.17, 15) is 9.59 Å². The van der Waals surface area contributed by atoms with Crippen molar-refractivity contribution in [3.05, 3.63) is 116 Å². The molecule has 0 unspecified atom stereocenters. The highest BCUT2D eigenvalue weighted by molar-refractivity contribution is 9.08. The number of alkyl halides is 1. The molecule has 0 spiro atoms. The van der Waals surface area contributed by atoms with E-state index in [1.165, 1.54) is 37.1 Å². The first-order valence-electron chi connectivity index (χ1n) is 23.0. The lowest BCUT2D eigenvalue weighted by molar-refractivity contribution is 0.00578. The van der Waals surface area contributed by atoms with Crippen molar-refractivity contribution in [1.82, 2.24) is 0 Å². The quantitative estimate of drug-likeness (QED) is 0.121. The predicted molar refractivity (Wildman–Crippen MR) is 317 cm³/mol. The molecule has 33 heteroatoms. The molecule has 71 heavy (non-hydrogen) atoms. The third-order valence-electron chi connectivity index (χ3n) is 13.1. The molecule has 0 atom stereocenters. The smallest absolute Gasteiger partial charge is 0.494 e. The van der Waals surface area contributed by atoms with Crippen molar-refractivity contribution in [1.29, 1.82) is 0 Å². The van der Waals surface area contributed by atoms with Crippen molar-refractivity contribution < 1.29 is 37.3 Å². The molecule has 0 saturated carbocycles. The average Bonchev–Trinajstić information content (AvgIpc) is 3.64. The number of aryl methyl sites for hydroxylation is 2. The Kier molecular flexibility index (Phi) is 23.9. The fourth-order valence-electron chi connectivity index (χ4n) is 7.39. The molecule has 2 aromatic carbocycles. The maximum absolute atomic E-state index is 11.8. The van der Waals surface area contributed by atoms with Gasteiger partial charge in [-0.3, -0.25) is 9.59 Å².